The van der Waals surface area contributed by atoms with Gasteiger partial charge in [0.1, 0.15) is 0 Å². The second-order valence-corrected chi connectivity index (χ2v) is 7.36. The summed E-state index contributed by atoms with van der Waals surface area (Å²) in [6, 6.07) is 5.71. The zero-order valence-corrected chi connectivity index (χ0v) is 13.7. The van der Waals surface area contributed by atoms with Gasteiger partial charge in [-0.25, -0.2) is 0 Å². The SMILES string of the molecule is COc1cccc(C2CCN(S(=O)(=O)N(C)C)C2)c1OC. The zero-order valence-electron chi connectivity index (χ0n) is 12.9. The maximum absolute atomic E-state index is 12.2. The van der Waals surface area contributed by atoms with E-state index in [1.165, 1.54) is 8.61 Å². The minimum Gasteiger partial charge on any atom is -0.493 e. The van der Waals surface area contributed by atoms with Gasteiger partial charge in [-0.05, 0) is 12.5 Å². The van der Waals surface area contributed by atoms with Crippen LogP contribution < -0.4 is 9.47 Å². The van der Waals surface area contributed by atoms with Crippen LogP contribution in [0, 0.1) is 0 Å². The van der Waals surface area contributed by atoms with Crippen LogP contribution in [0.2, 0.25) is 0 Å². The van der Waals surface area contributed by atoms with Gasteiger partial charge in [0.05, 0.1) is 14.2 Å². The Morgan fingerprint density at radius 3 is 2.52 bits per heavy atom. The average molecular weight is 314 g/mol. The van der Waals surface area contributed by atoms with E-state index in [0.717, 1.165) is 12.0 Å². The first-order valence-corrected chi connectivity index (χ1v) is 8.20. The topological polar surface area (TPSA) is 59.1 Å². The highest BCUT2D eigenvalue weighted by molar-refractivity contribution is 7.86. The van der Waals surface area contributed by atoms with Crippen molar-refractivity contribution in [2.24, 2.45) is 0 Å². The van der Waals surface area contributed by atoms with Crippen molar-refractivity contribution in [3.05, 3.63) is 23.8 Å². The molecule has 0 aliphatic carbocycles. The summed E-state index contributed by atoms with van der Waals surface area (Å²) >= 11 is 0. The molecule has 1 fully saturated rings. The van der Waals surface area contributed by atoms with Gasteiger partial charge in [-0.3, -0.25) is 0 Å². The van der Waals surface area contributed by atoms with E-state index >= 15 is 0 Å². The van der Waals surface area contributed by atoms with Crippen molar-refractivity contribution >= 4 is 10.2 Å². The van der Waals surface area contributed by atoms with Gasteiger partial charge in [0, 0.05) is 38.7 Å². The minimum atomic E-state index is -3.36. The van der Waals surface area contributed by atoms with E-state index in [2.05, 4.69) is 0 Å². The van der Waals surface area contributed by atoms with Crippen molar-refractivity contribution in [2.75, 3.05) is 41.4 Å². The number of nitrogens with zero attached hydrogens (tertiary/aromatic N) is 2. The molecule has 7 heteroatoms. The number of rotatable bonds is 5. The summed E-state index contributed by atoms with van der Waals surface area (Å²) in [5.41, 5.74) is 0.994. The lowest BCUT2D eigenvalue weighted by Crippen LogP contribution is -2.38. The molecule has 0 amide bonds. The summed E-state index contributed by atoms with van der Waals surface area (Å²) in [5, 5.41) is 0. The summed E-state index contributed by atoms with van der Waals surface area (Å²) in [4.78, 5) is 0. The summed E-state index contributed by atoms with van der Waals surface area (Å²) in [5.74, 6) is 1.47. The molecule has 0 spiro atoms. The number of methoxy groups -OCH3 is 2. The highest BCUT2D eigenvalue weighted by Crippen LogP contribution is 2.39. The molecule has 1 aromatic carbocycles. The van der Waals surface area contributed by atoms with Crippen molar-refractivity contribution in [3.63, 3.8) is 0 Å². The molecule has 6 nitrogen and oxygen atoms in total. The first-order chi connectivity index (χ1) is 9.91. The zero-order chi connectivity index (χ0) is 15.6. The molecule has 118 valence electrons. The normalized spacial score (nSPS) is 20.0. The molecule has 1 heterocycles. The first-order valence-electron chi connectivity index (χ1n) is 6.80. The molecule has 0 bridgehead atoms. The fourth-order valence-corrected chi connectivity index (χ4v) is 3.82. The van der Waals surface area contributed by atoms with Crippen molar-refractivity contribution in [1.29, 1.82) is 0 Å². The largest absolute Gasteiger partial charge is 0.493 e. The molecular formula is C14H22N2O4S. The van der Waals surface area contributed by atoms with Gasteiger partial charge in [0.25, 0.3) is 10.2 Å². The number of ether oxygens (including phenoxy) is 2. The number of hydrogen-bond donors (Lipinski definition) is 0. The molecule has 2 rings (SSSR count). The minimum absolute atomic E-state index is 0.116. The van der Waals surface area contributed by atoms with E-state index < -0.39 is 10.2 Å². The van der Waals surface area contributed by atoms with Crippen LogP contribution >= 0.6 is 0 Å². The quantitative estimate of drug-likeness (QED) is 0.822. The lowest BCUT2D eigenvalue weighted by molar-refractivity contribution is 0.349. The lowest BCUT2D eigenvalue weighted by atomic mass is 9.97. The van der Waals surface area contributed by atoms with Crippen LogP contribution in [0.25, 0.3) is 0 Å². The molecule has 0 N–H and O–H groups in total. The second kappa shape index (κ2) is 6.21. The third-order valence-corrected chi connectivity index (χ3v) is 5.72. The van der Waals surface area contributed by atoms with Crippen molar-refractivity contribution in [2.45, 2.75) is 12.3 Å². The average Bonchev–Trinajstić information content (AvgIpc) is 2.96. The van der Waals surface area contributed by atoms with Crippen molar-refractivity contribution in [1.82, 2.24) is 8.61 Å². The third kappa shape index (κ3) is 3.00. The lowest BCUT2D eigenvalue weighted by Gasteiger charge is -2.21. The molecular weight excluding hydrogens is 292 g/mol. The molecule has 1 aliphatic heterocycles. The van der Waals surface area contributed by atoms with Gasteiger partial charge in [0.2, 0.25) is 0 Å². The Kier molecular flexibility index (Phi) is 4.75. The van der Waals surface area contributed by atoms with E-state index in [1.54, 1.807) is 28.3 Å². The maximum atomic E-state index is 12.2. The van der Waals surface area contributed by atoms with Crippen LogP contribution in [0.4, 0.5) is 0 Å². The second-order valence-electron chi connectivity index (χ2n) is 5.22. The molecule has 21 heavy (non-hydrogen) atoms. The van der Waals surface area contributed by atoms with Gasteiger partial charge in [0.15, 0.2) is 11.5 Å². The van der Waals surface area contributed by atoms with Crippen LogP contribution in [0.1, 0.15) is 17.9 Å². The third-order valence-electron chi connectivity index (χ3n) is 3.81. The Morgan fingerprint density at radius 1 is 1.24 bits per heavy atom. The van der Waals surface area contributed by atoms with Crippen LogP contribution in [0.3, 0.4) is 0 Å². The number of hydrogen-bond acceptors (Lipinski definition) is 4. The van der Waals surface area contributed by atoms with Crippen molar-refractivity contribution < 1.29 is 17.9 Å². The summed E-state index contributed by atoms with van der Waals surface area (Å²) in [6.45, 7) is 0.982. The Morgan fingerprint density at radius 2 is 1.95 bits per heavy atom. The van der Waals surface area contributed by atoms with Gasteiger partial charge < -0.3 is 9.47 Å². The summed E-state index contributed by atoms with van der Waals surface area (Å²) < 4.78 is 37.9. The van der Waals surface area contributed by atoms with E-state index in [9.17, 15) is 8.42 Å². The standard InChI is InChI=1S/C14H22N2O4S/c1-15(2)21(17,18)16-9-8-11(10-16)12-6-5-7-13(19-3)14(12)20-4/h5-7,11H,8-10H2,1-4H3. The summed E-state index contributed by atoms with van der Waals surface area (Å²) in [7, 11) is 2.94. The maximum Gasteiger partial charge on any atom is 0.281 e. The van der Waals surface area contributed by atoms with Gasteiger partial charge in [-0.1, -0.05) is 12.1 Å². The van der Waals surface area contributed by atoms with E-state index in [0.29, 0.717) is 24.6 Å². The summed E-state index contributed by atoms with van der Waals surface area (Å²) in [6.07, 6.45) is 0.774. The molecule has 0 aromatic heterocycles. The van der Waals surface area contributed by atoms with E-state index in [-0.39, 0.29) is 5.92 Å². The van der Waals surface area contributed by atoms with Crippen LogP contribution in [0.5, 0.6) is 11.5 Å². The smallest absolute Gasteiger partial charge is 0.281 e. The Bertz CT molecular complexity index is 601. The van der Waals surface area contributed by atoms with E-state index in [1.807, 2.05) is 18.2 Å². The van der Waals surface area contributed by atoms with Crippen molar-refractivity contribution in [3.8, 4) is 11.5 Å². The predicted molar refractivity (Wildman–Crippen MR) is 81.1 cm³/mol. The van der Waals surface area contributed by atoms with E-state index in [4.69, 9.17) is 9.47 Å². The first kappa shape index (κ1) is 16.1. The van der Waals surface area contributed by atoms with Crippen LogP contribution in [-0.2, 0) is 10.2 Å². The Balaban J connectivity index is 2.27. The predicted octanol–water partition coefficient (Wildman–Crippen LogP) is 1.30. The molecule has 1 saturated heterocycles. The number of benzene rings is 1. The van der Waals surface area contributed by atoms with Crippen LogP contribution in [0.15, 0.2) is 18.2 Å². The fourth-order valence-electron chi connectivity index (χ4n) is 2.66. The molecule has 1 aromatic rings. The van der Waals surface area contributed by atoms with Crippen LogP contribution in [-0.4, -0.2) is 58.4 Å². The highest BCUT2D eigenvalue weighted by atomic mass is 32.2. The highest BCUT2D eigenvalue weighted by Gasteiger charge is 2.34. The molecule has 1 aliphatic rings. The van der Waals surface area contributed by atoms with Gasteiger partial charge in [-0.15, -0.1) is 0 Å². The molecule has 1 atom stereocenters. The molecule has 0 radical (unpaired) electrons. The number of para-hydroxylation sites is 1. The molecule has 1 unspecified atom stereocenters. The monoisotopic (exact) mass is 314 g/mol. The van der Waals surface area contributed by atoms with Gasteiger partial charge in [-0.2, -0.15) is 17.0 Å². The van der Waals surface area contributed by atoms with Gasteiger partial charge >= 0.3 is 0 Å². The fraction of sp³-hybridized carbons (Fsp3) is 0.571. The Labute approximate surface area is 126 Å². The Hall–Kier alpha value is -1.31. The molecule has 0 saturated carbocycles.